The van der Waals surface area contributed by atoms with Crippen molar-refractivity contribution in [2.24, 2.45) is 11.3 Å². The monoisotopic (exact) mass is 359 g/mol. The number of aromatic nitrogens is 1. The molecule has 1 spiro atoms. The Kier molecular flexibility index (Phi) is 5.61. The second-order valence-corrected chi connectivity index (χ2v) is 8.12. The predicted molar refractivity (Wildman–Crippen MR) is 98.0 cm³/mol. The van der Waals surface area contributed by atoms with Crippen LogP contribution < -0.4 is 0 Å². The van der Waals surface area contributed by atoms with E-state index in [4.69, 9.17) is 0 Å². The number of aliphatic hydroxyl groups is 1. The van der Waals surface area contributed by atoms with E-state index in [0.29, 0.717) is 26.1 Å². The van der Waals surface area contributed by atoms with Crippen molar-refractivity contribution in [3.8, 4) is 0 Å². The number of hydrogen-bond acceptors (Lipinski definition) is 4. The molecule has 26 heavy (non-hydrogen) atoms. The molecule has 6 nitrogen and oxygen atoms in total. The van der Waals surface area contributed by atoms with Crippen LogP contribution in [0.3, 0.4) is 0 Å². The molecule has 1 N–H and O–H groups in total. The maximum atomic E-state index is 12.4. The Morgan fingerprint density at radius 2 is 1.88 bits per heavy atom. The third-order valence-corrected chi connectivity index (χ3v) is 5.89. The number of piperidine rings is 2. The lowest BCUT2D eigenvalue weighted by Gasteiger charge is -2.47. The third kappa shape index (κ3) is 4.06. The molecule has 1 aromatic heterocycles. The van der Waals surface area contributed by atoms with E-state index in [1.165, 1.54) is 0 Å². The first-order valence-electron chi connectivity index (χ1n) is 9.54. The summed E-state index contributed by atoms with van der Waals surface area (Å²) in [4.78, 5) is 32.5. The summed E-state index contributed by atoms with van der Waals surface area (Å²) in [5.41, 5.74) is 1.19. The van der Waals surface area contributed by atoms with Gasteiger partial charge in [0.25, 0.3) is 5.91 Å². The minimum absolute atomic E-state index is 0.0680. The van der Waals surface area contributed by atoms with E-state index in [1.807, 2.05) is 30.9 Å². The minimum atomic E-state index is -0.917. The molecule has 0 unspecified atom stereocenters. The van der Waals surface area contributed by atoms with Gasteiger partial charge in [0.05, 0.1) is 0 Å². The Balaban J connectivity index is 1.61. The van der Waals surface area contributed by atoms with Crippen molar-refractivity contribution in [3.05, 3.63) is 30.1 Å². The van der Waals surface area contributed by atoms with Crippen LogP contribution in [0.2, 0.25) is 0 Å². The zero-order valence-corrected chi connectivity index (χ0v) is 15.7. The molecule has 3 heterocycles. The molecule has 3 rings (SSSR count). The second-order valence-electron chi connectivity index (χ2n) is 8.12. The van der Waals surface area contributed by atoms with Crippen LogP contribution in [0.25, 0.3) is 0 Å². The average molecular weight is 359 g/mol. The molecule has 2 fully saturated rings. The highest BCUT2D eigenvalue weighted by Crippen LogP contribution is 2.40. The Morgan fingerprint density at radius 3 is 2.50 bits per heavy atom. The van der Waals surface area contributed by atoms with Gasteiger partial charge >= 0.3 is 0 Å². The number of aliphatic hydroxyl groups excluding tert-OH is 1. The Bertz CT molecular complexity index is 639. The summed E-state index contributed by atoms with van der Waals surface area (Å²) in [7, 11) is 0. The highest BCUT2D eigenvalue weighted by Gasteiger charge is 2.42. The van der Waals surface area contributed by atoms with Gasteiger partial charge in [0.1, 0.15) is 6.10 Å². The summed E-state index contributed by atoms with van der Waals surface area (Å²) in [6.07, 6.45) is 5.85. The van der Waals surface area contributed by atoms with Gasteiger partial charge in [-0.05, 0) is 48.3 Å². The number of nitrogens with zero attached hydrogens (tertiary/aromatic N) is 3. The molecule has 1 aromatic rings. The number of amides is 2. The number of carbonyl (C=O) groups excluding carboxylic acids is 2. The van der Waals surface area contributed by atoms with Crippen LogP contribution in [0.4, 0.5) is 0 Å². The summed E-state index contributed by atoms with van der Waals surface area (Å²) in [6, 6.07) is 3.90. The van der Waals surface area contributed by atoms with E-state index in [2.05, 4.69) is 4.98 Å². The van der Waals surface area contributed by atoms with Gasteiger partial charge in [-0.25, -0.2) is 0 Å². The standard InChI is InChI=1S/C20H29N3O3/c1-15(2)18(25)19(26)22-11-7-20(8-12-22)6-3-17(24)23(14-20)13-16-4-9-21-10-5-16/h4-5,9-10,15,18,25H,3,6-8,11-14H2,1-2H3/t18-/m0/s1. The maximum Gasteiger partial charge on any atom is 0.251 e. The Labute approximate surface area is 155 Å². The summed E-state index contributed by atoms with van der Waals surface area (Å²) in [5.74, 6) is -0.0157. The molecular formula is C20H29N3O3. The van der Waals surface area contributed by atoms with Crippen molar-refractivity contribution in [1.29, 1.82) is 0 Å². The number of rotatable bonds is 4. The Morgan fingerprint density at radius 1 is 1.23 bits per heavy atom. The van der Waals surface area contributed by atoms with Crippen LogP contribution in [0.5, 0.6) is 0 Å². The first-order chi connectivity index (χ1) is 12.4. The van der Waals surface area contributed by atoms with Crippen molar-refractivity contribution >= 4 is 11.8 Å². The fourth-order valence-corrected chi connectivity index (χ4v) is 4.04. The molecule has 0 saturated carbocycles. The van der Waals surface area contributed by atoms with Crippen LogP contribution in [0, 0.1) is 11.3 Å². The van der Waals surface area contributed by atoms with Crippen molar-refractivity contribution in [2.75, 3.05) is 19.6 Å². The first-order valence-corrected chi connectivity index (χ1v) is 9.54. The number of pyridine rings is 1. The van der Waals surface area contributed by atoms with Crippen LogP contribution in [0.1, 0.15) is 45.1 Å². The second kappa shape index (κ2) is 7.74. The normalized spacial score (nSPS) is 21.3. The molecule has 6 heteroatoms. The number of carbonyl (C=O) groups is 2. The van der Waals surface area contributed by atoms with Crippen LogP contribution in [-0.2, 0) is 16.1 Å². The molecule has 0 radical (unpaired) electrons. The summed E-state index contributed by atoms with van der Waals surface area (Å²) >= 11 is 0. The van der Waals surface area contributed by atoms with Gasteiger partial charge in [-0.1, -0.05) is 13.8 Å². The molecule has 1 atom stereocenters. The topological polar surface area (TPSA) is 73.7 Å². The molecule has 0 aromatic carbocycles. The van der Waals surface area contributed by atoms with Gasteiger partial charge in [-0.2, -0.15) is 0 Å². The van der Waals surface area contributed by atoms with Gasteiger partial charge in [-0.3, -0.25) is 14.6 Å². The summed E-state index contributed by atoms with van der Waals surface area (Å²) < 4.78 is 0. The third-order valence-electron chi connectivity index (χ3n) is 5.89. The van der Waals surface area contributed by atoms with E-state index in [-0.39, 0.29) is 23.1 Å². The molecule has 2 aliphatic rings. The fourth-order valence-electron chi connectivity index (χ4n) is 4.04. The lowest BCUT2D eigenvalue weighted by molar-refractivity contribution is -0.148. The van der Waals surface area contributed by atoms with Crippen molar-refractivity contribution < 1.29 is 14.7 Å². The van der Waals surface area contributed by atoms with Gasteiger partial charge in [-0.15, -0.1) is 0 Å². The number of likely N-dealkylation sites (tertiary alicyclic amines) is 2. The molecule has 2 saturated heterocycles. The Hall–Kier alpha value is -1.95. The van der Waals surface area contributed by atoms with Crippen molar-refractivity contribution in [1.82, 2.24) is 14.8 Å². The predicted octanol–water partition coefficient (Wildman–Crippen LogP) is 1.83. The van der Waals surface area contributed by atoms with Gasteiger partial charge in [0.15, 0.2) is 0 Å². The largest absolute Gasteiger partial charge is 0.383 e. The highest BCUT2D eigenvalue weighted by atomic mass is 16.3. The van der Waals surface area contributed by atoms with E-state index in [1.54, 1.807) is 17.3 Å². The minimum Gasteiger partial charge on any atom is -0.383 e. The maximum absolute atomic E-state index is 12.4. The van der Waals surface area contributed by atoms with Crippen LogP contribution >= 0.6 is 0 Å². The lowest BCUT2D eigenvalue weighted by atomic mass is 9.72. The van der Waals surface area contributed by atoms with Crippen molar-refractivity contribution in [3.63, 3.8) is 0 Å². The average Bonchev–Trinajstić information content (AvgIpc) is 2.65. The quantitative estimate of drug-likeness (QED) is 0.890. The molecular weight excluding hydrogens is 330 g/mol. The van der Waals surface area contributed by atoms with Gasteiger partial charge in [0.2, 0.25) is 5.91 Å². The van der Waals surface area contributed by atoms with Crippen molar-refractivity contribution in [2.45, 2.75) is 52.2 Å². The van der Waals surface area contributed by atoms with Gasteiger partial charge in [0, 0.05) is 45.0 Å². The smallest absolute Gasteiger partial charge is 0.251 e. The van der Waals surface area contributed by atoms with E-state index < -0.39 is 6.10 Å². The summed E-state index contributed by atoms with van der Waals surface area (Å²) in [5, 5.41) is 10.0. The molecule has 0 bridgehead atoms. The molecule has 2 amide bonds. The van der Waals surface area contributed by atoms with Gasteiger partial charge < -0.3 is 14.9 Å². The lowest BCUT2D eigenvalue weighted by Crippen LogP contribution is -2.53. The van der Waals surface area contributed by atoms with E-state index in [0.717, 1.165) is 31.4 Å². The zero-order chi connectivity index (χ0) is 18.7. The molecule has 142 valence electrons. The van der Waals surface area contributed by atoms with Crippen LogP contribution in [0.15, 0.2) is 24.5 Å². The van der Waals surface area contributed by atoms with Crippen LogP contribution in [-0.4, -0.2) is 57.4 Å². The SMILES string of the molecule is CC(C)[C@H](O)C(=O)N1CCC2(CCC(=O)N(Cc3ccncc3)C2)CC1. The first kappa shape index (κ1) is 18.8. The molecule has 0 aliphatic carbocycles. The molecule has 2 aliphatic heterocycles. The van der Waals surface area contributed by atoms with E-state index >= 15 is 0 Å². The fraction of sp³-hybridized carbons (Fsp3) is 0.650. The van der Waals surface area contributed by atoms with E-state index in [9.17, 15) is 14.7 Å². The summed E-state index contributed by atoms with van der Waals surface area (Å²) in [6.45, 7) is 6.43. The zero-order valence-electron chi connectivity index (χ0n) is 15.7. The highest BCUT2D eigenvalue weighted by molar-refractivity contribution is 5.81. The number of hydrogen-bond donors (Lipinski definition) is 1.